The molecule has 0 radical (unpaired) electrons. The maximum absolute atomic E-state index is 12.4. The van der Waals surface area contributed by atoms with E-state index < -0.39 is 0 Å². The van der Waals surface area contributed by atoms with Crippen molar-refractivity contribution >= 4 is 5.78 Å². The zero-order valence-corrected chi connectivity index (χ0v) is 12.7. The Hall–Kier alpha value is -1.87. The predicted octanol–water partition coefficient (Wildman–Crippen LogP) is 3.43. The summed E-state index contributed by atoms with van der Waals surface area (Å²) < 4.78 is 0. The number of Topliss-reactive ketones (excluding diaryl/α,β-unsaturated/α-hetero) is 1. The quantitative estimate of drug-likeness (QED) is 0.845. The van der Waals surface area contributed by atoms with E-state index in [0.717, 1.165) is 34.6 Å². The lowest BCUT2D eigenvalue weighted by molar-refractivity contribution is 0.0971. The van der Waals surface area contributed by atoms with Gasteiger partial charge < -0.3 is 9.88 Å². The van der Waals surface area contributed by atoms with Gasteiger partial charge in [0.25, 0.3) is 0 Å². The standard InChI is InChI=1S/C17H22N2O/c1-12-16(15(20)10-11-19(3)4)13(2)18-17(12)14-8-6-5-7-9-14/h5-9,18H,10-11H2,1-4H3. The molecule has 1 aromatic carbocycles. The second kappa shape index (κ2) is 6.06. The molecule has 1 N–H and O–H groups in total. The lowest BCUT2D eigenvalue weighted by Crippen LogP contribution is -2.17. The van der Waals surface area contributed by atoms with E-state index in [2.05, 4.69) is 17.1 Å². The number of aromatic nitrogens is 1. The second-order valence-corrected chi connectivity index (χ2v) is 5.47. The van der Waals surface area contributed by atoms with E-state index in [1.54, 1.807) is 0 Å². The van der Waals surface area contributed by atoms with Crippen LogP contribution in [0.4, 0.5) is 0 Å². The van der Waals surface area contributed by atoms with Gasteiger partial charge in [0.05, 0.1) is 0 Å². The van der Waals surface area contributed by atoms with Gasteiger partial charge in [-0.1, -0.05) is 30.3 Å². The largest absolute Gasteiger partial charge is 0.358 e. The molecule has 0 spiro atoms. The number of aryl methyl sites for hydroxylation is 1. The highest BCUT2D eigenvalue weighted by Crippen LogP contribution is 2.28. The minimum atomic E-state index is 0.215. The first-order valence-corrected chi connectivity index (χ1v) is 6.93. The van der Waals surface area contributed by atoms with E-state index in [0.29, 0.717) is 6.42 Å². The summed E-state index contributed by atoms with van der Waals surface area (Å²) in [4.78, 5) is 17.8. The lowest BCUT2D eigenvalue weighted by Gasteiger charge is -2.08. The van der Waals surface area contributed by atoms with Gasteiger partial charge in [-0.3, -0.25) is 4.79 Å². The summed E-state index contributed by atoms with van der Waals surface area (Å²) in [7, 11) is 3.97. The topological polar surface area (TPSA) is 36.1 Å². The molecule has 0 bridgehead atoms. The third kappa shape index (κ3) is 2.99. The second-order valence-electron chi connectivity index (χ2n) is 5.47. The van der Waals surface area contributed by atoms with Crippen molar-refractivity contribution in [3.05, 3.63) is 47.2 Å². The summed E-state index contributed by atoms with van der Waals surface area (Å²) in [6, 6.07) is 10.1. The maximum Gasteiger partial charge on any atom is 0.166 e. The fraction of sp³-hybridized carbons (Fsp3) is 0.353. The Morgan fingerprint density at radius 1 is 1.15 bits per heavy atom. The minimum absolute atomic E-state index is 0.215. The van der Waals surface area contributed by atoms with Crippen LogP contribution in [0.25, 0.3) is 11.3 Å². The molecule has 106 valence electrons. The van der Waals surface area contributed by atoms with Crippen LogP contribution in [0, 0.1) is 13.8 Å². The number of carbonyl (C=O) groups is 1. The normalized spacial score (nSPS) is 11.1. The van der Waals surface area contributed by atoms with Crippen molar-refractivity contribution in [1.29, 1.82) is 0 Å². The van der Waals surface area contributed by atoms with Crippen molar-refractivity contribution < 1.29 is 4.79 Å². The maximum atomic E-state index is 12.4. The number of hydrogen-bond acceptors (Lipinski definition) is 2. The van der Waals surface area contributed by atoms with Crippen molar-refractivity contribution in [2.75, 3.05) is 20.6 Å². The van der Waals surface area contributed by atoms with Crippen LogP contribution >= 0.6 is 0 Å². The molecule has 3 nitrogen and oxygen atoms in total. The van der Waals surface area contributed by atoms with Crippen LogP contribution in [0.3, 0.4) is 0 Å². The average Bonchev–Trinajstić information content (AvgIpc) is 2.72. The van der Waals surface area contributed by atoms with E-state index in [1.807, 2.05) is 51.0 Å². The zero-order chi connectivity index (χ0) is 14.7. The molecule has 0 amide bonds. The molecular weight excluding hydrogens is 248 g/mol. The molecule has 0 aliphatic rings. The van der Waals surface area contributed by atoms with Gasteiger partial charge in [-0.05, 0) is 39.1 Å². The van der Waals surface area contributed by atoms with Crippen LogP contribution < -0.4 is 0 Å². The Bertz CT molecular complexity index is 597. The lowest BCUT2D eigenvalue weighted by atomic mass is 10.0. The van der Waals surface area contributed by atoms with Crippen molar-refractivity contribution in [1.82, 2.24) is 9.88 Å². The molecule has 0 saturated carbocycles. The minimum Gasteiger partial charge on any atom is -0.358 e. The Labute approximate surface area is 120 Å². The number of aromatic amines is 1. The van der Waals surface area contributed by atoms with Crippen molar-refractivity contribution in [2.45, 2.75) is 20.3 Å². The molecule has 3 heteroatoms. The van der Waals surface area contributed by atoms with Gasteiger partial charge in [0.2, 0.25) is 0 Å². The van der Waals surface area contributed by atoms with Crippen LogP contribution in [0.1, 0.15) is 28.0 Å². The highest BCUT2D eigenvalue weighted by atomic mass is 16.1. The molecule has 0 saturated heterocycles. The number of nitrogens with zero attached hydrogens (tertiary/aromatic N) is 1. The molecule has 0 fully saturated rings. The van der Waals surface area contributed by atoms with Crippen LogP contribution in [-0.2, 0) is 0 Å². The summed E-state index contributed by atoms with van der Waals surface area (Å²) in [5.74, 6) is 0.215. The summed E-state index contributed by atoms with van der Waals surface area (Å²) in [6.45, 7) is 4.78. The Balaban J connectivity index is 2.32. The molecule has 0 unspecified atom stereocenters. The van der Waals surface area contributed by atoms with Gasteiger partial charge in [0, 0.05) is 29.9 Å². The summed E-state index contributed by atoms with van der Waals surface area (Å²) in [6.07, 6.45) is 0.556. The number of ketones is 1. The molecule has 1 heterocycles. The van der Waals surface area contributed by atoms with Gasteiger partial charge in [0.1, 0.15) is 0 Å². The molecule has 0 atom stereocenters. The van der Waals surface area contributed by atoms with Gasteiger partial charge in [0.15, 0.2) is 5.78 Å². The third-order valence-electron chi connectivity index (χ3n) is 3.56. The monoisotopic (exact) mass is 270 g/mol. The number of carbonyl (C=O) groups excluding carboxylic acids is 1. The first kappa shape index (κ1) is 14.5. The highest BCUT2D eigenvalue weighted by Gasteiger charge is 2.18. The number of H-pyrrole nitrogens is 1. The first-order valence-electron chi connectivity index (χ1n) is 6.93. The SMILES string of the molecule is Cc1[nH]c(-c2ccccc2)c(C)c1C(=O)CCN(C)C. The smallest absolute Gasteiger partial charge is 0.166 e. The number of hydrogen-bond donors (Lipinski definition) is 1. The Kier molecular flexibility index (Phi) is 4.40. The number of rotatable bonds is 5. The highest BCUT2D eigenvalue weighted by molar-refractivity contribution is 6.00. The fourth-order valence-electron chi connectivity index (χ4n) is 2.51. The molecule has 0 aliphatic heterocycles. The van der Waals surface area contributed by atoms with Crippen LogP contribution in [0.5, 0.6) is 0 Å². The van der Waals surface area contributed by atoms with E-state index in [9.17, 15) is 4.79 Å². The third-order valence-corrected chi connectivity index (χ3v) is 3.56. The van der Waals surface area contributed by atoms with Gasteiger partial charge in [-0.25, -0.2) is 0 Å². The van der Waals surface area contributed by atoms with Crippen LogP contribution in [0.2, 0.25) is 0 Å². The molecule has 20 heavy (non-hydrogen) atoms. The van der Waals surface area contributed by atoms with Gasteiger partial charge in [-0.2, -0.15) is 0 Å². The fourth-order valence-corrected chi connectivity index (χ4v) is 2.51. The van der Waals surface area contributed by atoms with Crippen molar-refractivity contribution in [2.24, 2.45) is 0 Å². The first-order chi connectivity index (χ1) is 9.50. The molecule has 2 rings (SSSR count). The molecule has 1 aromatic heterocycles. The average molecular weight is 270 g/mol. The Morgan fingerprint density at radius 2 is 1.80 bits per heavy atom. The van der Waals surface area contributed by atoms with E-state index in [1.165, 1.54) is 0 Å². The summed E-state index contributed by atoms with van der Waals surface area (Å²) >= 11 is 0. The van der Waals surface area contributed by atoms with E-state index in [4.69, 9.17) is 0 Å². The molecular formula is C17H22N2O. The molecule has 0 aliphatic carbocycles. The van der Waals surface area contributed by atoms with Gasteiger partial charge >= 0.3 is 0 Å². The van der Waals surface area contributed by atoms with Crippen LogP contribution in [0.15, 0.2) is 30.3 Å². The van der Waals surface area contributed by atoms with Crippen LogP contribution in [-0.4, -0.2) is 36.3 Å². The van der Waals surface area contributed by atoms with E-state index in [-0.39, 0.29) is 5.78 Å². The van der Waals surface area contributed by atoms with Gasteiger partial charge in [-0.15, -0.1) is 0 Å². The Morgan fingerprint density at radius 3 is 2.40 bits per heavy atom. The molecule has 2 aromatic rings. The summed E-state index contributed by atoms with van der Waals surface area (Å²) in [5.41, 5.74) is 5.05. The van der Waals surface area contributed by atoms with Crippen molar-refractivity contribution in [3.63, 3.8) is 0 Å². The van der Waals surface area contributed by atoms with E-state index >= 15 is 0 Å². The number of nitrogens with one attached hydrogen (secondary N) is 1. The zero-order valence-electron chi connectivity index (χ0n) is 12.7. The summed E-state index contributed by atoms with van der Waals surface area (Å²) in [5, 5.41) is 0. The van der Waals surface area contributed by atoms with Crippen molar-refractivity contribution in [3.8, 4) is 11.3 Å². The number of benzene rings is 1. The predicted molar refractivity (Wildman–Crippen MR) is 83.2 cm³/mol.